The lowest BCUT2D eigenvalue weighted by molar-refractivity contribution is -0.145. The van der Waals surface area contributed by atoms with Gasteiger partial charge < -0.3 is 9.64 Å². The molecule has 0 aromatic heterocycles. The third-order valence-electron chi connectivity index (χ3n) is 3.56. The number of hydrogen-bond donors (Lipinski definition) is 0. The monoisotopic (exact) mass is 299 g/mol. The molecule has 4 heteroatoms. The fourth-order valence-corrected chi connectivity index (χ4v) is 2.13. The van der Waals surface area contributed by atoms with Gasteiger partial charge in [-0.25, -0.2) is 0 Å². The summed E-state index contributed by atoms with van der Waals surface area (Å²) in [5.41, 5.74) is 0. The molecule has 1 amide bonds. The van der Waals surface area contributed by atoms with Gasteiger partial charge in [-0.3, -0.25) is 9.59 Å². The van der Waals surface area contributed by atoms with Crippen LogP contribution in [0.2, 0.25) is 0 Å². The summed E-state index contributed by atoms with van der Waals surface area (Å²) < 4.78 is 5.05. The molecule has 0 N–H and O–H groups in total. The predicted molar refractivity (Wildman–Crippen MR) is 86.1 cm³/mol. The first-order chi connectivity index (χ1) is 10.1. The molecule has 0 saturated carbocycles. The smallest absolute Gasteiger partial charge is 0.305 e. The van der Waals surface area contributed by atoms with E-state index in [1.165, 1.54) is 49.8 Å². The summed E-state index contributed by atoms with van der Waals surface area (Å²) in [6.07, 6.45) is 11.9. The Morgan fingerprint density at radius 2 is 1.33 bits per heavy atom. The Bertz CT molecular complexity index is 277. The van der Waals surface area contributed by atoms with Crippen molar-refractivity contribution in [3.05, 3.63) is 0 Å². The first kappa shape index (κ1) is 19.9. The molecule has 21 heavy (non-hydrogen) atoms. The molecular weight excluding hydrogens is 266 g/mol. The summed E-state index contributed by atoms with van der Waals surface area (Å²) in [4.78, 5) is 24.2. The number of rotatable bonds is 13. The van der Waals surface area contributed by atoms with E-state index in [-0.39, 0.29) is 24.9 Å². The summed E-state index contributed by atoms with van der Waals surface area (Å²) in [6.45, 7) is 2.43. The van der Waals surface area contributed by atoms with Gasteiger partial charge in [-0.15, -0.1) is 0 Å². The summed E-state index contributed by atoms with van der Waals surface area (Å²) in [6, 6.07) is 0. The van der Waals surface area contributed by atoms with Crippen molar-refractivity contribution in [1.82, 2.24) is 4.90 Å². The van der Waals surface area contributed by atoms with Gasteiger partial charge in [0.2, 0.25) is 5.91 Å². The van der Waals surface area contributed by atoms with Crippen LogP contribution >= 0.6 is 0 Å². The van der Waals surface area contributed by atoms with Crippen molar-refractivity contribution in [2.75, 3.05) is 20.7 Å². The van der Waals surface area contributed by atoms with Gasteiger partial charge in [-0.2, -0.15) is 0 Å². The second-order valence-electron chi connectivity index (χ2n) is 5.84. The van der Waals surface area contributed by atoms with Crippen molar-refractivity contribution in [3.8, 4) is 0 Å². The highest BCUT2D eigenvalue weighted by atomic mass is 16.5. The molecule has 0 spiro atoms. The van der Waals surface area contributed by atoms with Crippen molar-refractivity contribution in [2.24, 2.45) is 0 Å². The van der Waals surface area contributed by atoms with Crippen LogP contribution in [0.15, 0.2) is 0 Å². The highest BCUT2D eigenvalue weighted by Crippen LogP contribution is 2.10. The number of hydrogen-bond acceptors (Lipinski definition) is 3. The first-order valence-corrected chi connectivity index (χ1v) is 8.43. The fourth-order valence-electron chi connectivity index (χ4n) is 2.13. The summed E-state index contributed by atoms with van der Waals surface area (Å²) in [5.74, 6) is -0.185. The largest absolute Gasteiger partial charge is 0.465 e. The molecule has 0 unspecified atom stereocenters. The van der Waals surface area contributed by atoms with Crippen LogP contribution in [0.25, 0.3) is 0 Å². The fraction of sp³-hybridized carbons (Fsp3) is 0.882. The molecule has 0 heterocycles. The van der Waals surface area contributed by atoms with Crippen LogP contribution in [0.5, 0.6) is 0 Å². The number of carbonyl (C=O) groups excluding carboxylic acids is 2. The molecule has 0 atom stereocenters. The molecule has 124 valence electrons. The molecule has 0 aromatic rings. The maximum Gasteiger partial charge on any atom is 0.305 e. The topological polar surface area (TPSA) is 46.6 Å². The minimum atomic E-state index is -0.176. The van der Waals surface area contributed by atoms with E-state index < -0.39 is 0 Å². The van der Waals surface area contributed by atoms with Gasteiger partial charge in [0.05, 0.1) is 6.42 Å². The lowest BCUT2D eigenvalue weighted by atomic mass is 10.1. The van der Waals surface area contributed by atoms with E-state index in [1.54, 1.807) is 14.1 Å². The molecule has 0 rings (SSSR count). The van der Waals surface area contributed by atoms with Crippen LogP contribution in [-0.4, -0.2) is 37.5 Å². The van der Waals surface area contributed by atoms with E-state index in [2.05, 4.69) is 6.92 Å². The SMILES string of the molecule is CCCCCCCCCCCC(=O)OCCC(=O)N(C)C. The van der Waals surface area contributed by atoms with Crippen LogP contribution in [0, 0.1) is 0 Å². The summed E-state index contributed by atoms with van der Waals surface area (Å²) >= 11 is 0. The number of ether oxygens (including phenoxy) is 1. The zero-order valence-corrected chi connectivity index (χ0v) is 14.2. The maximum absolute atomic E-state index is 11.5. The van der Waals surface area contributed by atoms with E-state index in [9.17, 15) is 9.59 Å². The quantitative estimate of drug-likeness (QED) is 0.382. The Balaban J connectivity index is 3.28. The van der Waals surface area contributed by atoms with Gasteiger partial charge >= 0.3 is 5.97 Å². The minimum absolute atomic E-state index is 0.00845. The van der Waals surface area contributed by atoms with Gasteiger partial charge in [0.15, 0.2) is 0 Å². The van der Waals surface area contributed by atoms with Crippen molar-refractivity contribution in [1.29, 1.82) is 0 Å². The highest BCUT2D eigenvalue weighted by Gasteiger charge is 2.06. The van der Waals surface area contributed by atoms with E-state index in [1.807, 2.05) is 0 Å². The van der Waals surface area contributed by atoms with Crippen molar-refractivity contribution >= 4 is 11.9 Å². The lowest BCUT2D eigenvalue weighted by Crippen LogP contribution is -2.23. The molecule has 0 saturated heterocycles. The zero-order valence-electron chi connectivity index (χ0n) is 14.2. The Kier molecular flexibility index (Phi) is 13.2. The number of nitrogens with zero attached hydrogens (tertiary/aromatic N) is 1. The third kappa shape index (κ3) is 13.7. The predicted octanol–water partition coefficient (Wildman–Crippen LogP) is 3.93. The summed E-state index contributed by atoms with van der Waals surface area (Å²) in [7, 11) is 3.40. The van der Waals surface area contributed by atoms with Crippen LogP contribution < -0.4 is 0 Å². The Morgan fingerprint density at radius 1 is 0.810 bits per heavy atom. The van der Waals surface area contributed by atoms with E-state index in [0.29, 0.717) is 6.42 Å². The molecule has 0 bridgehead atoms. The van der Waals surface area contributed by atoms with E-state index in [4.69, 9.17) is 4.74 Å². The average molecular weight is 299 g/mol. The van der Waals surface area contributed by atoms with Crippen LogP contribution in [0.1, 0.15) is 77.6 Å². The molecule has 4 nitrogen and oxygen atoms in total. The van der Waals surface area contributed by atoms with Gasteiger partial charge in [0, 0.05) is 20.5 Å². The number of esters is 1. The molecule has 0 aliphatic carbocycles. The van der Waals surface area contributed by atoms with Crippen LogP contribution in [-0.2, 0) is 14.3 Å². The lowest BCUT2D eigenvalue weighted by Gasteiger charge is -2.10. The van der Waals surface area contributed by atoms with Crippen molar-refractivity contribution in [3.63, 3.8) is 0 Å². The van der Waals surface area contributed by atoms with E-state index >= 15 is 0 Å². The van der Waals surface area contributed by atoms with Crippen LogP contribution in [0.3, 0.4) is 0 Å². The molecule has 0 aliphatic rings. The number of unbranched alkanes of at least 4 members (excludes halogenated alkanes) is 8. The van der Waals surface area contributed by atoms with Gasteiger partial charge in [-0.1, -0.05) is 58.3 Å². The van der Waals surface area contributed by atoms with Gasteiger partial charge in [0.25, 0.3) is 0 Å². The standard InChI is InChI=1S/C17H33NO3/c1-4-5-6-7-8-9-10-11-12-13-17(20)21-15-14-16(19)18(2)3/h4-15H2,1-3H3. The Hall–Kier alpha value is -1.06. The van der Waals surface area contributed by atoms with Gasteiger partial charge in [-0.05, 0) is 6.42 Å². The normalized spacial score (nSPS) is 10.4. The second kappa shape index (κ2) is 13.9. The van der Waals surface area contributed by atoms with Gasteiger partial charge in [0.1, 0.15) is 6.61 Å². The maximum atomic E-state index is 11.5. The molecule has 0 aromatic carbocycles. The third-order valence-corrected chi connectivity index (χ3v) is 3.56. The molecule has 0 radical (unpaired) electrons. The summed E-state index contributed by atoms with van der Waals surface area (Å²) in [5, 5.41) is 0. The Labute approximate surface area is 130 Å². The minimum Gasteiger partial charge on any atom is -0.465 e. The molecule has 0 fully saturated rings. The molecule has 0 aliphatic heterocycles. The second-order valence-corrected chi connectivity index (χ2v) is 5.84. The molecular formula is C17H33NO3. The average Bonchev–Trinajstić information content (AvgIpc) is 2.45. The number of carbonyl (C=O) groups is 2. The number of amides is 1. The van der Waals surface area contributed by atoms with Crippen molar-refractivity contribution < 1.29 is 14.3 Å². The highest BCUT2D eigenvalue weighted by molar-refractivity contribution is 5.76. The first-order valence-electron chi connectivity index (χ1n) is 8.43. The van der Waals surface area contributed by atoms with Crippen LogP contribution in [0.4, 0.5) is 0 Å². The van der Waals surface area contributed by atoms with Crippen molar-refractivity contribution in [2.45, 2.75) is 77.6 Å². The Morgan fingerprint density at radius 3 is 1.86 bits per heavy atom. The zero-order chi connectivity index (χ0) is 15.9. The van der Waals surface area contributed by atoms with E-state index in [0.717, 1.165) is 12.8 Å².